The molecular weight excluding hydrogens is 352 g/mol. The molecule has 5 nitrogen and oxygen atoms in total. The molecule has 2 aromatic carbocycles. The number of carbonyl (C=O) groups excluding carboxylic acids is 2. The molecule has 5 heteroatoms. The van der Waals surface area contributed by atoms with Crippen molar-refractivity contribution in [2.24, 2.45) is 5.92 Å². The maximum Gasteiger partial charge on any atom is 0.326 e. The highest BCUT2D eigenvalue weighted by atomic mass is 16.6. The Hall–Kier alpha value is -2.66. The third-order valence-corrected chi connectivity index (χ3v) is 4.88. The number of nitrogens with one attached hydrogen (secondary N) is 1. The van der Waals surface area contributed by atoms with E-state index in [9.17, 15) is 9.59 Å². The predicted octanol–water partition coefficient (Wildman–Crippen LogP) is 3.66. The van der Waals surface area contributed by atoms with Gasteiger partial charge in [-0.15, -0.1) is 0 Å². The molecule has 0 spiro atoms. The Balaban J connectivity index is 1.92. The van der Waals surface area contributed by atoms with Crippen molar-refractivity contribution in [3.63, 3.8) is 0 Å². The second-order valence-corrected chi connectivity index (χ2v) is 8.28. The minimum atomic E-state index is -0.641. The van der Waals surface area contributed by atoms with E-state index in [1.165, 1.54) is 0 Å². The SMILES string of the molecule is C[C@@H]1C(=O)N(Cc2ccccc2)N[C@@H](C(=O)OC(C)(C)C)[C@H]1c1ccccc1. The molecular formula is C23H28N2O3. The van der Waals surface area contributed by atoms with Gasteiger partial charge in [0.25, 0.3) is 0 Å². The van der Waals surface area contributed by atoms with E-state index in [0.29, 0.717) is 6.54 Å². The molecule has 2 aromatic rings. The number of nitrogens with zero attached hydrogens (tertiary/aromatic N) is 1. The number of hydrazine groups is 1. The zero-order chi connectivity index (χ0) is 20.3. The van der Waals surface area contributed by atoms with Gasteiger partial charge < -0.3 is 4.74 Å². The smallest absolute Gasteiger partial charge is 0.326 e. The number of hydrogen-bond acceptors (Lipinski definition) is 4. The summed E-state index contributed by atoms with van der Waals surface area (Å²) in [6.07, 6.45) is 0. The average molecular weight is 380 g/mol. The Kier molecular flexibility index (Phi) is 5.84. The summed E-state index contributed by atoms with van der Waals surface area (Å²) in [5.74, 6) is -1.03. The largest absolute Gasteiger partial charge is 0.459 e. The van der Waals surface area contributed by atoms with Crippen molar-refractivity contribution in [2.75, 3.05) is 0 Å². The van der Waals surface area contributed by atoms with E-state index in [0.717, 1.165) is 11.1 Å². The molecule has 0 unspecified atom stereocenters. The van der Waals surface area contributed by atoms with E-state index in [4.69, 9.17) is 4.74 Å². The molecule has 1 aliphatic rings. The number of rotatable bonds is 4. The summed E-state index contributed by atoms with van der Waals surface area (Å²) in [6.45, 7) is 7.83. The van der Waals surface area contributed by atoms with Gasteiger partial charge >= 0.3 is 5.97 Å². The van der Waals surface area contributed by atoms with E-state index in [2.05, 4.69) is 5.43 Å². The lowest BCUT2D eigenvalue weighted by atomic mass is 9.79. The normalized spacial score (nSPS) is 22.8. The Labute approximate surface area is 166 Å². The van der Waals surface area contributed by atoms with Crippen LogP contribution in [0.1, 0.15) is 44.7 Å². The highest BCUT2D eigenvalue weighted by Crippen LogP contribution is 2.34. The molecule has 3 atom stereocenters. The zero-order valence-electron chi connectivity index (χ0n) is 16.9. The van der Waals surface area contributed by atoms with Crippen LogP contribution in [0.25, 0.3) is 0 Å². The minimum absolute atomic E-state index is 0.0301. The van der Waals surface area contributed by atoms with Gasteiger partial charge in [-0.25, -0.2) is 5.43 Å². The molecule has 0 aliphatic carbocycles. The van der Waals surface area contributed by atoms with Crippen LogP contribution in [0.2, 0.25) is 0 Å². The third-order valence-electron chi connectivity index (χ3n) is 4.88. The number of esters is 1. The summed E-state index contributed by atoms with van der Waals surface area (Å²) >= 11 is 0. The van der Waals surface area contributed by atoms with Crippen LogP contribution in [0, 0.1) is 5.92 Å². The van der Waals surface area contributed by atoms with Gasteiger partial charge in [0.1, 0.15) is 11.6 Å². The number of hydrogen-bond donors (Lipinski definition) is 1. The average Bonchev–Trinajstić information content (AvgIpc) is 2.65. The molecule has 1 aliphatic heterocycles. The highest BCUT2D eigenvalue weighted by Gasteiger charge is 2.45. The minimum Gasteiger partial charge on any atom is -0.459 e. The van der Waals surface area contributed by atoms with E-state index < -0.39 is 11.6 Å². The lowest BCUT2D eigenvalue weighted by molar-refractivity contribution is -0.166. The highest BCUT2D eigenvalue weighted by molar-refractivity contribution is 5.86. The van der Waals surface area contributed by atoms with Gasteiger partial charge in [0.05, 0.1) is 6.54 Å². The first-order valence-corrected chi connectivity index (χ1v) is 9.65. The molecule has 1 amide bonds. The molecule has 1 heterocycles. The lowest BCUT2D eigenvalue weighted by Crippen LogP contribution is -2.62. The topological polar surface area (TPSA) is 58.6 Å². The van der Waals surface area contributed by atoms with Crippen LogP contribution >= 0.6 is 0 Å². The summed E-state index contributed by atoms with van der Waals surface area (Å²) in [4.78, 5) is 26.1. The predicted molar refractivity (Wildman–Crippen MR) is 108 cm³/mol. The van der Waals surface area contributed by atoms with Gasteiger partial charge in [-0.2, -0.15) is 0 Å². The summed E-state index contributed by atoms with van der Waals surface area (Å²) < 4.78 is 5.67. The van der Waals surface area contributed by atoms with Crippen molar-refractivity contribution in [2.45, 2.75) is 51.8 Å². The Morgan fingerprint density at radius 2 is 1.61 bits per heavy atom. The van der Waals surface area contributed by atoms with Crippen molar-refractivity contribution in [1.82, 2.24) is 10.4 Å². The van der Waals surface area contributed by atoms with Crippen LogP contribution in [0.4, 0.5) is 0 Å². The van der Waals surface area contributed by atoms with Crippen LogP contribution in [0.3, 0.4) is 0 Å². The van der Waals surface area contributed by atoms with Gasteiger partial charge in [0.2, 0.25) is 5.91 Å². The van der Waals surface area contributed by atoms with Gasteiger partial charge in [0.15, 0.2) is 0 Å². The fourth-order valence-corrected chi connectivity index (χ4v) is 3.61. The van der Waals surface area contributed by atoms with Crippen LogP contribution in [0.5, 0.6) is 0 Å². The van der Waals surface area contributed by atoms with Crippen LogP contribution in [-0.2, 0) is 20.9 Å². The number of ether oxygens (including phenoxy) is 1. The third kappa shape index (κ3) is 4.60. The van der Waals surface area contributed by atoms with Crippen LogP contribution < -0.4 is 5.43 Å². The Morgan fingerprint density at radius 1 is 1.04 bits per heavy atom. The van der Waals surface area contributed by atoms with Crippen molar-refractivity contribution < 1.29 is 14.3 Å². The Morgan fingerprint density at radius 3 is 2.18 bits per heavy atom. The maximum absolute atomic E-state index is 13.1. The quantitative estimate of drug-likeness (QED) is 0.823. The maximum atomic E-state index is 13.1. The lowest BCUT2D eigenvalue weighted by Gasteiger charge is -2.42. The molecule has 0 aromatic heterocycles. The van der Waals surface area contributed by atoms with Crippen molar-refractivity contribution in [1.29, 1.82) is 0 Å². The van der Waals surface area contributed by atoms with Crippen LogP contribution in [-0.4, -0.2) is 28.5 Å². The van der Waals surface area contributed by atoms with Gasteiger partial charge in [-0.3, -0.25) is 14.6 Å². The molecule has 148 valence electrons. The zero-order valence-corrected chi connectivity index (χ0v) is 16.9. The number of carbonyl (C=O) groups is 2. The molecule has 3 rings (SSSR count). The number of benzene rings is 2. The molecule has 1 N–H and O–H groups in total. The van der Waals surface area contributed by atoms with E-state index in [1.54, 1.807) is 5.01 Å². The first-order valence-electron chi connectivity index (χ1n) is 9.65. The second-order valence-electron chi connectivity index (χ2n) is 8.28. The monoisotopic (exact) mass is 380 g/mol. The second kappa shape index (κ2) is 8.15. The van der Waals surface area contributed by atoms with Gasteiger partial charge in [-0.05, 0) is 31.9 Å². The fourth-order valence-electron chi connectivity index (χ4n) is 3.61. The molecule has 1 fully saturated rings. The standard InChI is InChI=1S/C23H28N2O3/c1-16-19(18-13-9-6-10-14-18)20(22(27)28-23(2,3)4)24-25(21(16)26)15-17-11-7-5-8-12-17/h5-14,16,19-20,24H,15H2,1-4H3/t16-,19+,20+/m0/s1. The fraction of sp³-hybridized carbons (Fsp3) is 0.391. The molecule has 1 saturated heterocycles. The van der Waals surface area contributed by atoms with Crippen molar-refractivity contribution in [3.8, 4) is 0 Å². The first-order chi connectivity index (χ1) is 13.3. The van der Waals surface area contributed by atoms with Gasteiger partial charge in [-0.1, -0.05) is 67.6 Å². The van der Waals surface area contributed by atoms with Crippen molar-refractivity contribution in [3.05, 3.63) is 71.8 Å². The molecule has 0 saturated carbocycles. The van der Waals surface area contributed by atoms with E-state index in [1.807, 2.05) is 88.4 Å². The van der Waals surface area contributed by atoms with E-state index >= 15 is 0 Å². The first kappa shape index (κ1) is 20.1. The van der Waals surface area contributed by atoms with Gasteiger partial charge in [0, 0.05) is 11.8 Å². The molecule has 28 heavy (non-hydrogen) atoms. The van der Waals surface area contributed by atoms with E-state index in [-0.39, 0.29) is 23.7 Å². The molecule has 0 radical (unpaired) electrons. The summed E-state index contributed by atoms with van der Waals surface area (Å²) in [6, 6.07) is 18.8. The number of amides is 1. The Bertz CT molecular complexity index is 811. The molecule has 0 bridgehead atoms. The van der Waals surface area contributed by atoms with Crippen LogP contribution in [0.15, 0.2) is 60.7 Å². The summed E-state index contributed by atoms with van der Waals surface area (Å²) in [7, 11) is 0. The summed E-state index contributed by atoms with van der Waals surface area (Å²) in [5.41, 5.74) is 4.51. The van der Waals surface area contributed by atoms with Crippen molar-refractivity contribution >= 4 is 11.9 Å². The summed E-state index contributed by atoms with van der Waals surface area (Å²) in [5, 5.41) is 1.55.